The van der Waals surface area contributed by atoms with Crippen LogP contribution in [0.4, 0.5) is 0 Å². The number of nitrogens with two attached hydrogens (primary N) is 1. The van der Waals surface area contributed by atoms with Crippen molar-refractivity contribution in [1.82, 2.24) is 5.32 Å². The van der Waals surface area contributed by atoms with Crippen LogP contribution in [0.25, 0.3) is 0 Å². The second-order valence-electron chi connectivity index (χ2n) is 5.18. The molecule has 1 fully saturated rings. The number of rotatable bonds is 5. The highest BCUT2D eigenvalue weighted by molar-refractivity contribution is 5.76. The molecule has 0 saturated heterocycles. The summed E-state index contributed by atoms with van der Waals surface area (Å²) in [6, 6.07) is 8.58. The minimum Gasteiger partial charge on any atom is -0.497 e. The molecule has 1 saturated carbocycles. The van der Waals surface area contributed by atoms with Crippen LogP contribution < -0.4 is 15.8 Å². The smallest absolute Gasteiger partial charge is 0.220 e. The molecule has 3 N–H and O–H groups in total. The molecule has 0 radical (unpaired) electrons. The van der Waals surface area contributed by atoms with E-state index in [1.54, 1.807) is 7.11 Å². The molecule has 1 aliphatic carbocycles. The van der Waals surface area contributed by atoms with Gasteiger partial charge in [0.05, 0.1) is 7.11 Å². The number of benzene rings is 1. The lowest BCUT2D eigenvalue weighted by molar-refractivity contribution is -0.122. The maximum atomic E-state index is 11.1. The fourth-order valence-corrected chi connectivity index (χ4v) is 2.59. The molecule has 1 aromatic carbocycles. The number of nitrogens with one attached hydrogen (secondary N) is 1. The molecular formula is C15H22N2O2. The van der Waals surface area contributed by atoms with Crippen molar-refractivity contribution in [3.8, 4) is 5.75 Å². The Morgan fingerprint density at radius 1 is 1.26 bits per heavy atom. The molecule has 4 heteroatoms. The van der Waals surface area contributed by atoms with E-state index in [4.69, 9.17) is 10.5 Å². The summed E-state index contributed by atoms with van der Waals surface area (Å²) in [6.45, 7) is 0.857. The molecule has 4 nitrogen and oxygen atoms in total. The Kier molecular flexibility index (Phi) is 4.80. The van der Waals surface area contributed by atoms with Gasteiger partial charge in [-0.25, -0.2) is 0 Å². The van der Waals surface area contributed by atoms with Gasteiger partial charge in [-0.1, -0.05) is 12.1 Å². The highest BCUT2D eigenvalue weighted by Gasteiger charge is 2.24. The molecule has 0 aliphatic heterocycles. The molecule has 2 rings (SSSR count). The van der Waals surface area contributed by atoms with Crippen LogP contribution in [-0.4, -0.2) is 19.1 Å². The van der Waals surface area contributed by atoms with Crippen molar-refractivity contribution in [3.05, 3.63) is 29.8 Å². The van der Waals surface area contributed by atoms with Gasteiger partial charge in [-0.05, 0) is 43.4 Å². The molecule has 0 bridgehead atoms. The monoisotopic (exact) mass is 262 g/mol. The Morgan fingerprint density at radius 2 is 1.89 bits per heavy atom. The maximum Gasteiger partial charge on any atom is 0.220 e. The molecular weight excluding hydrogens is 240 g/mol. The third-order valence-corrected chi connectivity index (χ3v) is 3.88. The summed E-state index contributed by atoms with van der Waals surface area (Å²) in [5, 5.41) is 3.54. The summed E-state index contributed by atoms with van der Waals surface area (Å²) in [4.78, 5) is 11.1. The van der Waals surface area contributed by atoms with E-state index in [9.17, 15) is 4.79 Å². The molecule has 1 aromatic rings. The third kappa shape index (κ3) is 3.96. The standard InChI is InChI=1S/C15H22N2O2/c1-19-14-8-2-11(3-9-14)10-17-13-6-4-12(5-7-13)15(16)18/h2-3,8-9,12-13,17H,4-7,10H2,1H3,(H2,16,18). The van der Waals surface area contributed by atoms with E-state index in [1.807, 2.05) is 12.1 Å². The van der Waals surface area contributed by atoms with Crippen molar-refractivity contribution in [2.45, 2.75) is 38.3 Å². The van der Waals surface area contributed by atoms with E-state index in [1.165, 1.54) is 5.56 Å². The van der Waals surface area contributed by atoms with Gasteiger partial charge < -0.3 is 15.8 Å². The van der Waals surface area contributed by atoms with Gasteiger partial charge >= 0.3 is 0 Å². The summed E-state index contributed by atoms with van der Waals surface area (Å²) < 4.78 is 5.13. The first-order valence-electron chi connectivity index (χ1n) is 6.84. The second kappa shape index (κ2) is 6.57. The summed E-state index contributed by atoms with van der Waals surface area (Å²) in [6.07, 6.45) is 3.89. The topological polar surface area (TPSA) is 64.3 Å². The lowest BCUT2D eigenvalue weighted by Crippen LogP contribution is -2.36. The lowest BCUT2D eigenvalue weighted by Gasteiger charge is -2.27. The van der Waals surface area contributed by atoms with Gasteiger partial charge in [0, 0.05) is 18.5 Å². The Labute approximate surface area is 114 Å². The van der Waals surface area contributed by atoms with E-state index < -0.39 is 0 Å². The molecule has 104 valence electrons. The number of hydrogen-bond donors (Lipinski definition) is 2. The first-order valence-corrected chi connectivity index (χ1v) is 6.84. The van der Waals surface area contributed by atoms with Crippen LogP contribution in [0.3, 0.4) is 0 Å². The van der Waals surface area contributed by atoms with Crippen LogP contribution in [-0.2, 0) is 11.3 Å². The summed E-state index contributed by atoms with van der Waals surface area (Å²) >= 11 is 0. The zero-order chi connectivity index (χ0) is 13.7. The van der Waals surface area contributed by atoms with Crippen LogP contribution >= 0.6 is 0 Å². The van der Waals surface area contributed by atoms with Crippen molar-refractivity contribution in [2.24, 2.45) is 11.7 Å². The minimum atomic E-state index is -0.145. The normalized spacial score (nSPS) is 23.0. The number of hydrogen-bond acceptors (Lipinski definition) is 3. The summed E-state index contributed by atoms with van der Waals surface area (Å²) in [7, 11) is 1.67. The Bertz CT molecular complexity index is 409. The fraction of sp³-hybridized carbons (Fsp3) is 0.533. The number of amides is 1. The summed E-state index contributed by atoms with van der Waals surface area (Å²) in [5.74, 6) is 0.818. The number of primary amides is 1. The van der Waals surface area contributed by atoms with Crippen LogP contribution in [0, 0.1) is 5.92 Å². The van der Waals surface area contributed by atoms with E-state index in [0.717, 1.165) is 38.0 Å². The molecule has 19 heavy (non-hydrogen) atoms. The van der Waals surface area contributed by atoms with Gasteiger partial charge in [-0.2, -0.15) is 0 Å². The van der Waals surface area contributed by atoms with Gasteiger partial charge in [0.2, 0.25) is 5.91 Å². The first-order chi connectivity index (χ1) is 9.19. The SMILES string of the molecule is COc1ccc(CNC2CCC(C(N)=O)CC2)cc1. The Balaban J connectivity index is 1.75. The number of carbonyl (C=O) groups is 1. The van der Waals surface area contributed by atoms with Crippen molar-refractivity contribution in [2.75, 3.05) is 7.11 Å². The van der Waals surface area contributed by atoms with Crippen LogP contribution in [0.2, 0.25) is 0 Å². The van der Waals surface area contributed by atoms with Crippen molar-refractivity contribution in [1.29, 1.82) is 0 Å². The molecule has 1 amide bonds. The molecule has 1 aliphatic rings. The van der Waals surface area contributed by atoms with Gasteiger partial charge in [-0.15, -0.1) is 0 Å². The first kappa shape index (κ1) is 13.9. The Hall–Kier alpha value is -1.55. The average Bonchev–Trinajstić information content (AvgIpc) is 2.46. The lowest BCUT2D eigenvalue weighted by atomic mass is 9.85. The molecule has 0 atom stereocenters. The number of carbonyl (C=O) groups excluding carboxylic acids is 1. The van der Waals surface area contributed by atoms with E-state index >= 15 is 0 Å². The molecule has 0 unspecified atom stereocenters. The van der Waals surface area contributed by atoms with Gasteiger partial charge in [-0.3, -0.25) is 4.79 Å². The zero-order valence-electron chi connectivity index (χ0n) is 11.4. The van der Waals surface area contributed by atoms with Crippen molar-refractivity contribution >= 4 is 5.91 Å². The quantitative estimate of drug-likeness (QED) is 0.851. The molecule has 0 heterocycles. The highest BCUT2D eigenvalue weighted by atomic mass is 16.5. The van der Waals surface area contributed by atoms with Crippen molar-refractivity contribution < 1.29 is 9.53 Å². The predicted molar refractivity (Wildman–Crippen MR) is 74.8 cm³/mol. The number of methoxy groups -OCH3 is 1. The highest BCUT2D eigenvalue weighted by Crippen LogP contribution is 2.24. The maximum absolute atomic E-state index is 11.1. The second-order valence-corrected chi connectivity index (χ2v) is 5.18. The van der Waals surface area contributed by atoms with Gasteiger partial charge in [0.15, 0.2) is 0 Å². The molecule has 0 spiro atoms. The largest absolute Gasteiger partial charge is 0.497 e. The van der Waals surface area contributed by atoms with Gasteiger partial charge in [0.25, 0.3) is 0 Å². The average molecular weight is 262 g/mol. The van der Waals surface area contributed by atoms with Crippen LogP contribution in [0.1, 0.15) is 31.2 Å². The van der Waals surface area contributed by atoms with Crippen LogP contribution in [0.15, 0.2) is 24.3 Å². The van der Waals surface area contributed by atoms with E-state index in [-0.39, 0.29) is 11.8 Å². The van der Waals surface area contributed by atoms with E-state index in [2.05, 4.69) is 17.4 Å². The minimum absolute atomic E-state index is 0.0824. The Morgan fingerprint density at radius 3 is 2.42 bits per heavy atom. The summed E-state index contributed by atoms with van der Waals surface area (Å²) in [5.41, 5.74) is 6.58. The molecule has 0 aromatic heterocycles. The fourth-order valence-electron chi connectivity index (χ4n) is 2.59. The van der Waals surface area contributed by atoms with Gasteiger partial charge in [0.1, 0.15) is 5.75 Å². The van der Waals surface area contributed by atoms with E-state index in [0.29, 0.717) is 6.04 Å². The van der Waals surface area contributed by atoms with Crippen LogP contribution in [0.5, 0.6) is 5.75 Å². The zero-order valence-corrected chi connectivity index (χ0v) is 11.4. The van der Waals surface area contributed by atoms with Crippen molar-refractivity contribution in [3.63, 3.8) is 0 Å². The predicted octanol–water partition coefficient (Wildman–Crippen LogP) is 1.83. The number of ether oxygens (including phenoxy) is 1. The third-order valence-electron chi connectivity index (χ3n) is 3.88.